The predicted molar refractivity (Wildman–Crippen MR) is 68.8 cm³/mol. The molecule has 0 aromatic rings. The first-order valence-electron chi connectivity index (χ1n) is 5.98. The molecule has 0 spiro atoms. The van der Waals surface area contributed by atoms with Crippen molar-refractivity contribution in [2.75, 3.05) is 13.2 Å². The maximum Gasteiger partial charge on any atom is 0.320 e. The van der Waals surface area contributed by atoms with Crippen molar-refractivity contribution < 1.29 is 24.9 Å². The van der Waals surface area contributed by atoms with Gasteiger partial charge >= 0.3 is 6.03 Å². The van der Waals surface area contributed by atoms with Crippen molar-refractivity contribution in [3.8, 4) is 0 Å². The lowest BCUT2D eigenvalue weighted by Crippen LogP contribution is -2.55. The third-order valence-electron chi connectivity index (χ3n) is 2.90. The minimum Gasteiger partial charge on any atom is -0.394 e. The average Bonchev–Trinajstić information content (AvgIpc) is 2.76. The Morgan fingerprint density at radius 1 is 1.47 bits per heavy atom. The Balaban J connectivity index is 2.00. The number of hydrogen-bond acceptors (Lipinski definition) is 7. The molecule has 1 fully saturated rings. The Hall–Kier alpha value is -0.870. The number of urea groups is 1. The smallest absolute Gasteiger partial charge is 0.320 e. The van der Waals surface area contributed by atoms with Crippen LogP contribution in [0.5, 0.6) is 0 Å². The van der Waals surface area contributed by atoms with Crippen LogP contribution >= 0.6 is 11.8 Å². The van der Waals surface area contributed by atoms with E-state index >= 15 is 0 Å². The predicted octanol–water partition coefficient (Wildman–Crippen LogP) is -1.78. The minimum atomic E-state index is -1.19. The second kappa shape index (κ2) is 6.06. The Kier molecular flexibility index (Phi) is 4.63. The number of aliphatic hydroxyl groups excluding tert-OH is 3. The fraction of sp³-hybridized carbons (Fsp3) is 0.800. The molecule has 108 valence electrons. The standard InChI is InChI=1S/C10H17N3O5S/c1-2-11-9(17)13-10-12-5-7(16)6(15)4(3-14)18-8(5)19-10/h4-8,14-16H,2-3H2,1H3,(H2,11,12,13,17)/t4-,5-,6-,7-,8-/m1/s1. The maximum atomic E-state index is 11.4. The number of carbonyl (C=O) groups excluding carboxylic acids is 1. The zero-order valence-corrected chi connectivity index (χ0v) is 11.1. The summed E-state index contributed by atoms with van der Waals surface area (Å²) in [6.45, 7) is 1.89. The van der Waals surface area contributed by atoms with E-state index in [4.69, 9.17) is 9.84 Å². The van der Waals surface area contributed by atoms with E-state index in [0.717, 1.165) is 11.8 Å². The first-order chi connectivity index (χ1) is 9.06. The van der Waals surface area contributed by atoms with Gasteiger partial charge in [0.05, 0.1) is 6.61 Å². The lowest BCUT2D eigenvalue weighted by atomic mass is 9.99. The average molecular weight is 291 g/mol. The molecule has 5 N–H and O–H groups in total. The molecule has 0 saturated carbocycles. The molecule has 2 aliphatic rings. The number of thioether (sulfide) groups is 1. The van der Waals surface area contributed by atoms with Crippen LogP contribution in [0.25, 0.3) is 0 Å². The van der Waals surface area contributed by atoms with E-state index in [-0.39, 0.29) is 12.6 Å². The molecule has 0 aromatic heterocycles. The van der Waals surface area contributed by atoms with Crippen LogP contribution in [0.2, 0.25) is 0 Å². The summed E-state index contributed by atoms with van der Waals surface area (Å²) in [6, 6.07) is -1.04. The van der Waals surface area contributed by atoms with Crippen molar-refractivity contribution in [1.82, 2.24) is 10.6 Å². The Morgan fingerprint density at radius 3 is 2.84 bits per heavy atom. The van der Waals surface area contributed by atoms with Gasteiger partial charge < -0.3 is 25.4 Å². The molecular formula is C10H17N3O5S. The Morgan fingerprint density at radius 2 is 2.21 bits per heavy atom. The van der Waals surface area contributed by atoms with Gasteiger partial charge in [0.25, 0.3) is 0 Å². The number of amides is 2. The summed E-state index contributed by atoms with van der Waals surface area (Å²) < 4.78 is 5.43. The highest BCUT2D eigenvalue weighted by atomic mass is 32.2. The number of aliphatic imine (C=N–C) groups is 1. The van der Waals surface area contributed by atoms with Gasteiger partial charge in [-0.05, 0) is 6.92 Å². The topological polar surface area (TPSA) is 123 Å². The second-order valence-electron chi connectivity index (χ2n) is 4.23. The molecule has 0 unspecified atom stereocenters. The molecule has 9 heteroatoms. The van der Waals surface area contributed by atoms with Crippen molar-refractivity contribution in [3.63, 3.8) is 0 Å². The number of ether oxygens (including phenoxy) is 1. The lowest BCUT2D eigenvalue weighted by Gasteiger charge is -2.37. The van der Waals surface area contributed by atoms with Crippen LogP contribution in [-0.2, 0) is 4.74 Å². The molecular weight excluding hydrogens is 274 g/mol. The van der Waals surface area contributed by atoms with Crippen LogP contribution in [-0.4, -0.2) is 69.5 Å². The van der Waals surface area contributed by atoms with Crippen molar-refractivity contribution >= 4 is 23.0 Å². The van der Waals surface area contributed by atoms with E-state index in [1.807, 2.05) is 0 Å². The molecule has 2 aliphatic heterocycles. The van der Waals surface area contributed by atoms with Gasteiger partial charge in [-0.1, -0.05) is 11.8 Å². The van der Waals surface area contributed by atoms with Gasteiger partial charge in [0.2, 0.25) is 0 Å². The monoisotopic (exact) mass is 291 g/mol. The quantitative estimate of drug-likeness (QED) is 0.410. The van der Waals surface area contributed by atoms with E-state index in [1.54, 1.807) is 6.92 Å². The number of nitrogens with zero attached hydrogens (tertiary/aromatic N) is 1. The molecule has 0 bridgehead atoms. The van der Waals surface area contributed by atoms with Gasteiger partial charge in [-0.15, -0.1) is 0 Å². The summed E-state index contributed by atoms with van der Waals surface area (Å²) in [6.07, 6.45) is -3.17. The van der Waals surface area contributed by atoms with Gasteiger partial charge in [0.15, 0.2) is 5.17 Å². The fourth-order valence-corrected chi connectivity index (χ4v) is 3.06. The van der Waals surface area contributed by atoms with Crippen LogP contribution < -0.4 is 10.6 Å². The number of carbonyl (C=O) groups is 1. The molecule has 5 atom stereocenters. The Bertz CT molecular complexity index is 380. The van der Waals surface area contributed by atoms with E-state index in [9.17, 15) is 15.0 Å². The zero-order chi connectivity index (χ0) is 14.0. The van der Waals surface area contributed by atoms with Crippen LogP contribution in [0.15, 0.2) is 4.99 Å². The SMILES string of the molecule is CCNC(=O)NC1=N[C@@H]2[C@@H](O)[C@H](O)[C@@H](CO)O[C@@H]2S1. The number of amidine groups is 1. The highest BCUT2D eigenvalue weighted by Gasteiger charge is 2.48. The largest absolute Gasteiger partial charge is 0.394 e. The summed E-state index contributed by atoms with van der Waals surface area (Å²) >= 11 is 1.15. The van der Waals surface area contributed by atoms with Gasteiger partial charge in [-0.25, -0.2) is 4.79 Å². The van der Waals surface area contributed by atoms with E-state index in [1.165, 1.54) is 0 Å². The second-order valence-corrected chi connectivity index (χ2v) is 5.32. The molecule has 2 rings (SSSR count). The summed E-state index contributed by atoms with van der Waals surface area (Å²) in [7, 11) is 0. The van der Waals surface area contributed by atoms with E-state index in [0.29, 0.717) is 11.7 Å². The van der Waals surface area contributed by atoms with Crippen molar-refractivity contribution in [1.29, 1.82) is 0 Å². The molecule has 0 aromatic carbocycles. The number of aliphatic hydroxyl groups is 3. The summed E-state index contributed by atoms with van der Waals surface area (Å²) in [5, 5.41) is 34.1. The summed E-state index contributed by atoms with van der Waals surface area (Å²) in [4.78, 5) is 15.5. The highest BCUT2D eigenvalue weighted by Crippen LogP contribution is 2.35. The normalized spacial score (nSPS) is 37.5. The highest BCUT2D eigenvalue weighted by molar-refractivity contribution is 8.14. The Labute approximate surface area is 114 Å². The van der Waals surface area contributed by atoms with Crippen molar-refractivity contribution in [2.45, 2.75) is 36.7 Å². The molecule has 2 heterocycles. The minimum absolute atomic E-state index is 0.325. The number of rotatable bonds is 2. The van der Waals surface area contributed by atoms with Crippen molar-refractivity contribution in [2.24, 2.45) is 4.99 Å². The van der Waals surface area contributed by atoms with Crippen LogP contribution in [0, 0.1) is 0 Å². The molecule has 2 amide bonds. The zero-order valence-electron chi connectivity index (χ0n) is 10.3. The van der Waals surface area contributed by atoms with Crippen LogP contribution in [0.1, 0.15) is 6.92 Å². The molecule has 19 heavy (non-hydrogen) atoms. The summed E-state index contributed by atoms with van der Waals surface area (Å²) in [5.74, 6) is 0. The summed E-state index contributed by atoms with van der Waals surface area (Å²) in [5.41, 5.74) is -0.521. The van der Waals surface area contributed by atoms with Crippen LogP contribution in [0.3, 0.4) is 0 Å². The molecule has 1 saturated heterocycles. The fourth-order valence-electron chi connectivity index (χ4n) is 1.94. The van der Waals surface area contributed by atoms with E-state index < -0.39 is 29.8 Å². The first-order valence-corrected chi connectivity index (χ1v) is 6.86. The molecule has 8 nitrogen and oxygen atoms in total. The number of nitrogens with one attached hydrogen (secondary N) is 2. The third-order valence-corrected chi connectivity index (χ3v) is 3.95. The maximum absolute atomic E-state index is 11.4. The van der Waals surface area contributed by atoms with Gasteiger partial charge in [-0.2, -0.15) is 0 Å². The van der Waals surface area contributed by atoms with E-state index in [2.05, 4.69) is 15.6 Å². The molecule has 0 aliphatic carbocycles. The lowest BCUT2D eigenvalue weighted by molar-refractivity contribution is -0.164. The number of hydrogen-bond donors (Lipinski definition) is 5. The van der Waals surface area contributed by atoms with Gasteiger partial charge in [-0.3, -0.25) is 10.3 Å². The first kappa shape index (κ1) is 14.5. The van der Waals surface area contributed by atoms with Crippen molar-refractivity contribution in [3.05, 3.63) is 0 Å². The molecule has 0 radical (unpaired) electrons. The van der Waals surface area contributed by atoms with Crippen LogP contribution in [0.4, 0.5) is 4.79 Å². The van der Waals surface area contributed by atoms with Gasteiger partial charge in [0, 0.05) is 6.54 Å². The number of fused-ring (bicyclic) bond motifs is 1. The van der Waals surface area contributed by atoms with Gasteiger partial charge in [0.1, 0.15) is 29.8 Å². The third kappa shape index (κ3) is 3.00.